The quantitative estimate of drug-likeness (QED) is 0.776. The number of amides is 1. The molecule has 3 unspecified atom stereocenters. The van der Waals surface area contributed by atoms with Crippen molar-refractivity contribution in [2.75, 3.05) is 6.54 Å². The number of rotatable bonds is 3. The lowest BCUT2D eigenvalue weighted by atomic mass is 9.94. The van der Waals surface area contributed by atoms with Crippen molar-refractivity contribution < 1.29 is 14.7 Å². The molecule has 5 nitrogen and oxygen atoms in total. The molecule has 5 heteroatoms. The first kappa shape index (κ1) is 13.3. The van der Waals surface area contributed by atoms with Crippen molar-refractivity contribution in [3.63, 3.8) is 0 Å². The zero-order valence-corrected chi connectivity index (χ0v) is 11.0. The van der Waals surface area contributed by atoms with Crippen LogP contribution in [0.5, 0.6) is 0 Å². The van der Waals surface area contributed by atoms with Crippen LogP contribution in [0.4, 0.5) is 0 Å². The fourth-order valence-electron chi connectivity index (χ4n) is 3.33. The van der Waals surface area contributed by atoms with Crippen molar-refractivity contribution >= 4 is 11.9 Å². The number of hydrogen-bond donors (Lipinski definition) is 2. The van der Waals surface area contributed by atoms with Crippen molar-refractivity contribution in [1.82, 2.24) is 4.90 Å². The van der Waals surface area contributed by atoms with Crippen LogP contribution < -0.4 is 5.73 Å². The van der Waals surface area contributed by atoms with Gasteiger partial charge >= 0.3 is 5.97 Å². The van der Waals surface area contributed by atoms with E-state index in [0.29, 0.717) is 12.5 Å². The molecule has 2 aliphatic rings. The van der Waals surface area contributed by atoms with E-state index in [2.05, 4.69) is 0 Å². The van der Waals surface area contributed by atoms with Gasteiger partial charge in [0, 0.05) is 6.54 Å². The molecule has 1 saturated carbocycles. The minimum Gasteiger partial charge on any atom is -0.480 e. The van der Waals surface area contributed by atoms with Crippen LogP contribution in [-0.2, 0) is 9.59 Å². The smallest absolute Gasteiger partial charge is 0.326 e. The van der Waals surface area contributed by atoms with E-state index >= 15 is 0 Å². The summed E-state index contributed by atoms with van der Waals surface area (Å²) in [5.41, 5.74) is 5.87. The molecule has 1 amide bonds. The van der Waals surface area contributed by atoms with Crippen LogP contribution in [0.15, 0.2) is 0 Å². The number of nitrogens with two attached hydrogens (primary N) is 1. The average molecular weight is 254 g/mol. The van der Waals surface area contributed by atoms with Crippen molar-refractivity contribution in [3.05, 3.63) is 0 Å². The SMILES string of the molecule is CC(C)[C@@H](N)C(=O)N1CC2CCCC2C1C(=O)O. The van der Waals surface area contributed by atoms with E-state index in [-0.39, 0.29) is 17.7 Å². The maximum absolute atomic E-state index is 12.3. The molecule has 102 valence electrons. The first-order valence-electron chi connectivity index (χ1n) is 6.72. The van der Waals surface area contributed by atoms with Crippen LogP contribution in [-0.4, -0.2) is 40.5 Å². The molecule has 0 radical (unpaired) electrons. The second kappa shape index (κ2) is 4.88. The van der Waals surface area contributed by atoms with Gasteiger partial charge in [-0.25, -0.2) is 4.79 Å². The summed E-state index contributed by atoms with van der Waals surface area (Å²) < 4.78 is 0. The highest BCUT2D eigenvalue weighted by Crippen LogP contribution is 2.42. The highest BCUT2D eigenvalue weighted by atomic mass is 16.4. The maximum atomic E-state index is 12.3. The van der Waals surface area contributed by atoms with E-state index < -0.39 is 18.1 Å². The van der Waals surface area contributed by atoms with Gasteiger partial charge in [-0.15, -0.1) is 0 Å². The Labute approximate surface area is 107 Å². The second-order valence-electron chi connectivity index (χ2n) is 5.90. The maximum Gasteiger partial charge on any atom is 0.326 e. The number of fused-ring (bicyclic) bond motifs is 1. The Balaban J connectivity index is 2.17. The van der Waals surface area contributed by atoms with Gasteiger partial charge in [0.15, 0.2) is 0 Å². The van der Waals surface area contributed by atoms with Crippen molar-refractivity contribution in [2.24, 2.45) is 23.5 Å². The summed E-state index contributed by atoms with van der Waals surface area (Å²) in [7, 11) is 0. The lowest BCUT2D eigenvalue weighted by Crippen LogP contribution is -2.51. The molecule has 0 aromatic carbocycles. The van der Waals surface area contributed by atoms with Gasteiger partial charge in [-0.1, -0.05) is 20.3 Å². The Bertz CT molecular complexity index is 356. The van der Waals surface area contributed by atoms with Crippen molar-refractivity contribution in [3.8, 4) is 0 Å². The predicted molar refractivity (Wildman–Crippen MR) is 66.8 cm³/mol. The van der Waals surface area contributed by atoms with E-state index in [4.69, 9.17) is 5.73 Å². The number of carboxylic acids is 1. The molecule has 18 heavy (non-hydrogen) atoms. The van der Waals surface area contributed by atoms with Crippen LogP contribution in [0.2, 0.25) is 0 Å². The van der Waals surface area contributed by atoms with Gasteiger partial charge in [-0.2, -0.15) is 0 Å². The molecule has 2 rings (SSSR count). The Hall–Kier alpha value is -1.10. The van der Waals surface area contributed by atoms with Gasteiger partial charge in [-0.3, -0.25) is 4.79 Å². The summed E-state index contributed by atoms with van der Waals surface area (Å²) in [5.74, 6) is -0.562. The Morgan fingerprint density at radius 2 is 2.00 bits per heavy atom. The molecule has 1 aliphatic heterocycles. The van der Waals surface area contributed by atoms with Crippen LogP contribution >= 0.6 is 0 Å². The molecule has 0 bridgehead atoms. The second-order valence-corrected chi connectivity index (χ2v) is 5.90. The summed E-state index contributed by atoms with van der Waals surface area (Å²) in [4.78, 5) is 25.2. The summed E-state index contributed by atoms with van der Waals surface area (Å²) in [6.45, 7) is 4.34. The van der Waals surface area contributed by atoms with Gasteiger partial charge in [0.05, 0.1) is 6.04 Å². The third-order valence-electron chi connectivity index (χ3n) is 4.43. The number of aliphatic carboxylic acids is 1. The number of carboxylic acid groups (broad SMARTS) is 1. The van der Waals surface area contributed by atoms with Crippen molar-refractivity contribution in [1.29, 1.82) is 0 Å². The van der Waals surface area contributed by atoms with Crippen LogP contribution in [0.3, 0.4) is 0 Å². The normalized spacial score (nSPS) is 32.7. The summed E-state index contributed by atoms with van der Waals surface area (Å²) in [6, 6.07) is -1.25. The fourth-order valence-corrected chi connectivity index (χ4v) is 3.33. The Morgan fingerprint density at radius 1 is 1.33 bits per heavy atom. The molecule has 1 heterocycles. The lowest BCUT2D eigenvalue weighted by Gasteiger charge is -2.28. The molecule has 2 fully saturated rings. The van der Waals surface area contributed by atoms with Gasteiger partial charge in [-0.05, 0) is 30.6 Å². The molecule has 3 N–H and O–H groups in total. The lowest BCUT2D eigenvalue weighted by molar-refractivity contribution is -0.150. The molecule has 0 aromatic rings. The van der Waals surface area contributed by atoms with E-state index in [9.17, 15) is 14.7 Å². The number of carbonyl (C=O) groups excluding carboxylic acids is 1. The molecular weight excluding hydrogens is 232 g/mol. The van der Waals surface area contributed by atoms with E-state index in [0.717, 1.165) is 19.3 Å². The molecular formula is C13H22N2O3. The third kappa shape index (κ3) is 2.11. The standard InChI is InChI=1S/C13H22N2O3/c1-7(2)10(14)12(16)15-6-8-4-3-5-9(8)11(15)13(17)18/h7-11H,3-6,14H2,1-2H3,(H,17,18)/t8?,9?,10-,11?/m1/s1. The highest BCUT2D eigenvalue weighted by Gasteiger charge is 2.50. The molecule has 0 spiro atoms. The Kier molecular flexibility index (Phi) is 3.61. The van der Waals surface area contributed by atoms with E-state index in [1.54, 1.807) is 0 Å². The fraction of sp³-hybridized carbons (Fsp3) is 0.846. The van der Waals surface area contributed by atoms with Gasteiger partial charge in [0.1, 0.15) is 6.04 Å². The number of likely N-dealkylation sites (tertiary alicyclic amines) is 1. The summed E-state index contributed by atoms with van der Waals surface area (Å²) >= 11 is 0. The van der Waals surface area contributed by atoms with Crippen LogP contribution in [0.1, 0.15) is 33.1 Å². The molecule has 1 saturated heterocycles. The Morgan fingerprint density at radius 3 is 2.56 bits per heavy atom. The number of nitrogens with zero attached hydrogens (tertiary/aromatic N) is 1. The highest BCUT2D eigenvalue weighted by molar-refractivity contribution is 5.88. The summed E-state index contributed by atoms with van der Waals surface area (Å²) in [6.07, 6.45) is 3.04. The minimum absolute atomic E-state index is 0.0346. The van der Waals surface area contributed by atoms with Crippen molar-refractivity contribution in [2.45, 2.75) is 45.2 Å². The van der Waals surface area contributed by atoms with Gasteiger partial charge in [0.25, 0.3) is 0 Å². The number of hydrogen-bond acceptors (Lipinski definition) is 3. The van der Waals surface area contributed by atoms with Gasteiger partial charge in [0.2, 0.25) is 5.91 Å². The topological polar surface area (TPSA) is 83.6 Å². The molecule has 0 aromatic heterocycles. The van der Waals surface area contributed by atoms with E-state index in [1.165, 1.54) is 4.90 Å². The zero-order valence-electron chi connectivity index (χ0n) is 11.0. The summed E-state index contributed by atoms with van der Waals surface area (Å²) in [5, 5.41) is 9.37. The average Bonchev–Trinajstić information content (AvgIpc) is 2.85. The minimum atomic E-state index is -0.881. The van der Waals surface area contributed by atoms with Gasteiger partial charge < -0.3 is 15.7 Å². The number of carbonyl (C=O) groups is 2. The van der Waals surface area contributed by atoms with Crippen LogP contribution in [0.25, 0.3) is 0 Å². The zero-order chi connectivity index (χ0) is 13.4. The van der Waals surface area contributed by atoms with Crippen LogP contribution in [0, 0.1) is 17.8 Å². The van der Waals surface area contributed by atoms with E-state index in [1.807, 2.05) is 13.8 Å². The third-order valence-corrected chi connectivity index (χ3v) is 4.43. The first-order valence-corrected chi connectivity index (χ1v) is 6.72. The molecule has 4 atom stereocenters. The first-order chi connectivity index (χ1) is 8.43. The monoisotopic (exact) mass is 254 g/mol. The predicted octanol–water partition coefficient (Wildman–Crippen LogP) is 0.681. The molecule has 1 aliphatic carbocycles. The largest absolute Gasteiger partial charge is 0.480 e.